The number of rotatable bonds is 5. The highest BCUT2D eigenvalue weighted by atomic mass is 31.2. The van der Waals surface area contributed by atoms with E-state index in [4.69, 9.17) is 14.9 Å². The summed E-state index contributed by atoms with van der Waals surface area (Å²) in [6, 6.07) is -0.506. The molecule has 2 atom stereocenters. The van der Waals surface area contributed by atoms with E-state index in [0.717, 1.165) is 6.42 Å². The van der Waals surface area contributed by atoms with Gasteiger partial charge in [-0.3, -0.25) is 9.36 Å². The van der Waals surface area contributed by atoms with E-state index < -0.39 is 19.6 Å². The third kappa shape index (κ3) is 5.07. The Kier molecular flexibility index (Phi) is 4.92. The molecule has 0 saturated carbocycles. The number of carboxylic acids is 1. The highest BCUT2D eigenvalue weighted by Gasteiger charge is 2.26. The van der Waals surface area contributed by atoms with Gasteiger partial charge in [0, 0.05) is 6.16 Å². The summed E-state index contributed by atoms with van der Waals surface area (Å²) in [5.74, 6) is -0.589. The van der Waals surface area contributed by atoms with Crippen molar-refractivity contribution in [2.75, 3.05) is 12.7 Å². The molecule has 0 aromatic heterocycles. The number of carboxylic acid groups (broad SMARTS) is 1. The predicted molar refractivity (Wildman–Crippen MR) is 58.3 cm³/mol. The Hall–Kier alpha value is -0.420. The van der Waals surface area contributed by atoms with Crippen molar-refractivity contribution in [2.45, 2.75) is 31.7 Å². The first-order valence-corrected chi connectivity index (χ1v) is 7.19. The van der Waals surface area contributed by atoms with Crippen LogP contribution < -0.4 is 5.32 Å². The van der Waals surface area contributed by atoms with Crippen LogP contribution in [-0.4, -0.2) is 39.6 Å². The quantitative estimate of drug-likeness (QED) is 0.527. The Morgan fingerprint density at radius 2 is 2.12 bits per heavy atom. The summed E-state index contributed by atoms with van der Waals surface area (Å²) in [4.78, 5) is 28.1. The lowest BCUT2D eigenvalue weighted by Crippen LogP contribution is -2.43. The largest absolute Gasteiger partial charge is 0.480 e. The van der Waals surface area contributed by atoms with E-state index in [2.05, 4.69) is 5.32 Å². The number of aliphatic carboxylic acids is 1. The number of hydrogen-bond acceptors (Lipinski definition) is 3. The van der Waals surface area contributed by atoms with Gasteiger partial charge in [0.25, 0.3) is 0 Å². The van der Waals surface area contributed by atoms with Crippen molar-refractivity contribution < 1.29 is 24.3 Å². The molecule has 7 heteroatoms. The fourth-order valence-electron chi connectivity index (χ4n) is 2.03. The molecule has 1 fully saturated rings. The van der Waals surface area contributed by atoms with Crippen molar-refractivity contribution >= 4 is 13.6 Å². The summed E-state index contributed by atoms with van der Waals surface area (Å²) in [7, 11) is -3.90. The van der Waals surface area contributed by atoms with E-state index in [1.807, 2.05) is 0 Å². The standard InChI is InChI=1S/C9H18NO5P/c11-9(12)8-6-7(3-4-10-8)2-1-5-16(13,14)15/h7-8,10H,1-6H2,(H,11,12)(H2,13,14,15)/t7-,8-/m1/s1. The molecule has 0 aliphatic carbocycles. The fraction of sp³-hybridized carbons (Fsp3) is 0.889. The summed E-state index contributed by atoms with van der Waals surface area (Å²) in [6.45, 7) is 0.664. The number of carbonyl (C=O) groups is 1. The SMILES string of the molecule is O=C(O)[C@H]1C[C@H](CCCP(=O)(O)O)CCN1. The maximum Gasteiger partial charge on any atom is 0.325 e. The van der Waals surface area contributed by atoms with Gasteiger partial charge in [0.05, 0.1) is 0 Å². The van der Waals surface area contributed by atoms with Crippen LogP contribution >= 0.6 is 7.60 Å². The van der Waals surface area contributed by atoms with E-state index in [-0.39, 0.29) is 12.1 Å². The van der Waals surface area contributed by atoms with Crippen LogP contribution in [-0.2, 0) is 9.36 Å². The van der Waals surface area contributed by atoms with Crippen LogP contribution in [0.15, 0.2) is 0 Å². The highest BCUT2D eigenvalue weighted by molar-refractivity contribution is 7.51. The molecule has 1 aliphatic heterocycles. The van der Waals surface area contributed by atoms with E-state index >= 15 is 0 Å². The molecular formula is C9H18NO5P. The molecular weight excluding hydrogens is 233 g/mol. The zero-order valence-corrected chi connectivity index (χ0v) is 9.90. The van der Waals surface area contributed by atoms with E-state index in [1.54, 1.807) is 0 Å². The van der Waals surface area contributed by atoms with Gasteiger partial charge in [-0.25, -0.2) is 0 Å². The van der Waals surface area contributed by atoms with Gasteiger partial charge in [0.15, 0.2) is 0 Å². The van der Waals surface area contributed by atoms with Crippen LogP contribution in [0.1, 0.15) is 25.7 Å². The summed E-state index contributed by atoms with van der Waals surface area (Å²) in [6.07, 6.45) is 2.48. The molecule has 0 amide bonds. The van der Waals surface area contributed by atoms with Gasteiger partial charge in [-0.15, -0.1) is 0 Å². The van der Waals surface area contributed by atoms with Crippen LogP contribution in [0.5, 0.6) is 0 Å². The van der Waals surface area contributed by atoms with E-state index in [9.17, 15) is 9.36 Å². The molecule has 4 N–H and O–H groups in total. The van der Waals surface area contributed by atoms with Gasteiger partial charge in [-0.2, -0.15) is 0 Å². The first-order valence-electron chi connectivity index (χ1n) is 5.39. The zero-order valence-electron chi connectivity index (χ0n) is 9.00. The molecule has 0 bridgehead atoms. The molecule has 0 spiro atoms. The predicted octanol–water partition coefficient (Wildman–Crippen LogP) is 0.397. The molecule has 1 saturated heterocycles. The lowest BCUT2D eigenvalue weighted by molar-refractivity contribution is -0.140. The number of nitrogens with one attached hydrogen (secondary N) is 1. The minimum atomic E-state index is -3.90. The van der Waals surface area contributed by atoms with Crippen LogP contribution in [0.25, 0.3) is 0 Å². The molecule has 1 rings (SSSR count). The van der Waals surface area contributed by atoms with Gasteiger partial charge in [0.1, 0.15) is 6.04 Å². The van der Waals surface area contributed by atoms with Crippen LogP contribution in [0, 0.1) is 5.92 Å². The Bertz CT molecular complexity index is 290. The molecule has 1 aliphatic rings. The second-order valence-electron chi connectivity index (χ2n) is 4.27. The van der Waals surface area contributed by atoms with Gasteiger partial charge in [-0.1, -0.05) is 0 Å². The minimum absolute atomic E-state index is 0.103. The number of hydrogen-bond donors (Lipinski definition) is 4. The summed E-state index contributed by atoms with van der Waals surface area (Å²) in [5.41, 5.74) is 0. The van der Waals surface area contributed by atoms with Gasteiger partial charge >= 0.3 is 13.6 Å². The Balaban J connectivity index is 2.27. The Labute approximate surface area is 94.2 Å². The topological polar surface area (TPSA) is 107 Å². The average Bonchev–Trinajstić information content (AvgIpc) is 2.16. The lowest BCUT2D eigenvalue weighted by atomic mass is 9.89. The highest BCUT2D eigenvalue weighted by Crippen LogP contribution is 2.36. The maximum absolute atomic E-state index is 10.7. The summed E-state index contributed by atoms with van der Waals surface area (Å²) < 4.78 is 10.6. The van der Waals surface area contributed by atoms with Crippen molar-refractivity contribution in [3.8, 4) is 0 Å². The first kappa shape index (κ1) is 13.6. The normalized spacial score (nSPS) is 26.6. The fourth-order valence-corrected chi connectivity index (χ4v) is 2.63. The van der Waals surface area contributed by atoms with Gasteiger partial charge in [-0.05, 0) is 38.1 Å². The second kappa shape index (κ2) is 5.77. The smallest absolute Gasteiger partial charge is 0.325 e. The van der Waals surface area contributed by atoms with E-state index in [0.29, 0.717) is 25.8 Å². The van der Waals surface area contributed by atoms with Crippen LogP contribution in [0.3, 0.4) is 0 Å². The molecule has 6 nitrogen and oxygen atoms in total. The zero-order chi connectivity index (χ0) is 12.2. The lowest BCUT2D eigenvalue weighted by Gasteiger charge is -2.27. The monoisotopic (exact) mass is 251 g/mol. The van der Waals surface area contributed by atoms with Gasteiger partial charge in [0.2, 0.25) is 0 Å². The van der Waals surface area contributed by atoms with Crippen molar-refractivity contribution in [1.82, 2.24) is 5.32 Å². The van der Waals surface area contributed by atoms with Crippen molar-refractivity contribution in [3.63, 3.8) is 0 Å². The molecule has 0 radical (unpaired) electrons. The minimum Gasteiger partial charge on any atom is -0.480 e. The summed E-state index contributed by atoms with van der Waals surface area (Å²) in [5, 5.41) is 11.7. The molecule has 94 valence electrons. The van der Waals surface area contributed by atoms with Crippen LogP contribution in [0.2, 0.25) is 0 Å². The molecule has 0 aromatic carbocycles. The molecule has 0 aromatic rings. The average molecular weight is 251 g/mol. The van der Waals surface area contributed by atoms with Crippen molar-refractivity contribution in [1.29, 1.82) is 0 Å². The summed E-state index contributed by atoms with van der Waals surface area (Å²) >= 11 is 0. The Morgan fingerprint density at radius 1 is 1.44 bits per heavy atom. The van der Waals surface area contributed by atoms with Crippen molar-refractivity contribution in [3.05, 3.63) is 0 Å². The molecule has 0 unspecified atom stereocenters. The third-order valence-corrected chi connectivity index (χ3v) is 3.77. The maximum atomic E-state index is 10.7. The third-order valence-electron chi connectivity index (χ3n) is 2.87. The second-order valence-corrected chi connectivity index (χ2v) is 6.04. The van der Waals surface area contributed by atoms with Gasteiger partial charge < -0.3 is 20.2 Å². The first-order chi connectivity index (χ1) is 7.38. The van der Waals surface area contributed by atoms with E-state index in [1.165, 1.54) is 0 Å². The molecule has 1 heterocycles. The molecule has 16 heavy (non-hydrogen) atoms. The number of piperidine rings is 1. The van der Waals surface area contributed by atoms with Crippen molar-refractivity contribution in [2.24, 2.45) is 5.92 Å². The van der Waals surface area contributed by atoms with Crippen LogP contribution in [0.4, 0.5) is 0 Å². The Morgan fingerprint density at radius 3 is 2.69 bits per heavy atom.